The second-order valence-corrected chi connectivity index (χ2v) is 7.56. The Hall–Kier alpha value is -2.82. The number of phenols is 1. The molecular formula is C21H24N2O3. The van der Waals surface area contributed by atoms with Crippen LogP contribution >= 0.6 is 0 Å². The number of carboxylic acid groups (broad SMARTS) is 1. The molecule has 0 spiro atoms. The van der Waals surface area contributed by atoms with Crippen molar-refractivity contribution in [3.05, 3.63) is 53.1 Å². The third-order valence-corrected chi connectivity index (χ3v) is 5.23. The fraction of sp³-hybridized carbons (Fsp3) is 0.333. The topological polar surface area (TPSA) is 73.1 Å². The molecule has 5 heteroatoms. The van der Waals surface area contributed by atoms with Crippen molar-refractivity contribution in [3.63, 3.8) is 0 Å². The summed E-state index contributed by atoms with van der Waals surface area (Å²) in [5.41, 5.74) is 3.97. The lowest BCUT2D eigenvalue weighted by atomic mass is 9.80. The number of benzene rings is 2. The van der Waals surface area contributed by atoms with Crippen LogP contribution in [0.2, 0.25) is 0 Å². The van der Waals surface area contributed by atoms with Crippen molar-refractivity contribution in [3.8, 4) is 5.75 Å². The fourth-order valence-corrected chi connectivity index (χ4v) is 3.60. The summed E-state index contributed by atoms with van der Waals surface area (Å²) in [4.78, 5) is 17.8. The average molecular weight is 352 g/mol. The summed E-state index contributed by atoms with van der Waals surface area (Å²) in [5.74, 6) is -0.977. The number of nitrogens with zero attached hydrogens (tertiary/aromatic N) is 2. The molecule has 0 aromatic heterocycles. The van der Waals surface area contributed by atoms with Crippen LogP contribution < -0.4 is 4.90 Å². The lowest BCUT2D eigenvalue weighted by Crippen LogP contribution is -2.45. The summed E-state index contributed by atoms with van der Waals surface area (Å²) in [6.07, 6.45) is 2.81. The molecule has 0 fully saturated rings. The quantitative estimate of drug-likeness (QED) is 0.794. The Morgan fingerprint density at radius 2 is 2.00 bits per heavy atom. The molecule has 2 aromatic carbocycles. The van der Waals surface area contributed by atoms with Gasteiger partial charge in [-0.05, 0) is 67.6 Å². The van der Waals surface area contributed by atoms with Crippen LogP contribution in [0.5, 0.6) is 5.75 Å². The highest BCUT2D eigenvalue weighted by molar-refractivity contribution is 5.92. The van der Waals surface area contributed by atoms with Gasteiger partial charge in [-0.15, -0.1) is 0 Å². The van der Waals surface area contributed by atoms with E-state index >= 15 is 0 Å². The highest BCUT2D eigenvalue weighted by Crippen LogP contribution is 2.42. The minimum absolute atomic E-state index is 0.126. The number of carboxylic acids is 1. The Morgan fingerprint density at radius 3 is 2.69 bits per heavy atom. The van der Waals surface area contributed by atoms with Crippen LogP contribution in [-0.4, -0.2) is 35.0 Å². The summed E-state index contributed by atoms with van der Waals surface area (Å²) in [5, 5.41) is 18.7. The van der Waals surface area contributed by atoms with E-state index in [4.69, 9.17) is 5.11 Å². The highest BCUT2D eigenvalue weighted by atomic mass is 16.4. The van der Waals surface area contributed by atoms with E-state index in [9.17, 15) is 9.90 Å². The molecule has 1 atom stereocenters. The van der Waals surface area contributed by atoms with Gasteiger partial charge in [-0.2, -0.15) is 0 Å². The van der Waals surface area contributed by atoms with E-state index in [0.717, 1.165) is 12.0 Å². The van der Waals surface area contributed by atoms with E-state index in [1.807, 2.05) is 6.07 Å². The van der Waals surface area contributed by atoms with Crippen LogP contribution in [0.1, 0.15) is 54.6 Å². The molecule has 136 valence electrons. The minimum atomic E-state index is -1.17. The fourth-order valence-electron chi connectivity index (χ4n) is 3.60. The summed E-state index contributed by atoms with van der Waals surface area (Å²) in [7, 11) is 2.13. The smallest absolute Gasteiger partial charge is 0.339 e. The molecule has 0 amide bonds. The monoisotopic (exact) mass is 352 g/mol. The number of aromatic carboxylic acids is 1. The molecule has 2 aromatic rings. The van der Waals surface area contributed by atoms with Crippen LogP contribution in [0.4, 0.5) is 11.4 Å². The second kappa shape index (κ2) is 6.48. The van der Waals surface area contributed by atoms with Crippen LogP contribution in [0.3, 0.4) is 0 Å². The molecule has 1 heterocycles. The van der Waals surface area contributed by atoms with Crippen molar-refractivity contribution in [2.24, 2.45) is 4.99 Å². The number of aromatic hydroxyl groups is 1. The molecule has 1 unspecified atom stereocenters. The zero-order chi connectivity index (χ0) is 19.1. The number of fused-ring (bicyclic) bond motifs is 1. The van der Waals surface area contributed by atoms with Gasteiger partial charge < -0.3 is 15.1 Å². The molecule has 1 aliphatic heterocycles. The standard InChI is InChI=1S/C21H24N2O3/c1-13-11-21(2,3)23(4)18-7-5-14(9-16(13)18)12-22-15-6-8-19(24)17(10-15)20(25)26/h5-10,12-13,24H,11H2,1-4H3,(H,25,26). The third-order valence-electron chi connectivity index (χ3n) is 5.23. The van der Waals surface area contributed by atoms with Crippen LogP contribution in [0, 0.1) is 0 Å². The lowest BCUT2D eigenvalue weighted by Gasteiger charge is -2.45. The van der Waals surface area contributed by atoms with E-state index in [1.54, 1.807) is 12.3 Å². The lowest BCUT2D eigenvalue weighted by molar-refractivity contribution is 0.0694. The maximum absolute atomic E-state index is 11.1. The van der Waals surface area contributed by atoms with E-state index in [0.29, 0.717) is 11.6 Å². The van der Waals surface area contributed by atoms with Crippen molar-refractivity contribution >= 4 is 23.6 Å². The second-order valence-electron chi connectivity index (χ2n) is 7.56. The van der Waals surface area contributed by atoms with E-state index in [1.165, 1.54) is 23.4 Å². The van der Waals surface area contributed by atoms with Gasteiger partial charge in [-0.3, -0.25) is 4.99 Å². The molecule has 26 heavy (non-hydrogen) atoms. The molecule has 2 N–H and O–H groups in total. The maximum Gasteiger partial charge on any atom is 0.339 e. The Balaban J connectivity index is 1.91. The minimum Gasteiger partial charge on any atom is -0.507 e. The van der Waals surface area contributed by atoms with Gasteiger partial charge in [0.05, 0.1) is 5.69 Å². The molecular weight excluding hydrogens is 328 g/mol. The molecule has 0 bridgehead atoms. The molecule has 0 radical (unpaired) electrons. The Bertz CT molecular complexity index is 887. The molecule has 0 saturated heterocycles. The van der Waals surface area contributed by atoms with Gasteiger partial charge in [-0.25, -0.2) is 4.79 Å². The Labute approximate surface area is 153 Å². The first-order chi connectivity index (χ1) is 12.2. The molecule has 3 rings (SSSR count). The van der Waals surface area contributed by atoms with Crippen molar-refractivity contribution in [1.29, 1.82) is 0 Å². The first-order valence-electron chi connectivity index (χ1n) is 8.67. The predicted molar refractivity (Wildman–Crippen MR) is 104 cm³/mol. The summed E-state index contributed by atoms with van der Waals surface area (Å²) in [6, 6.07) is 10.6. The highest BCUT2D eigenvalue weighted by Gasteiger charge is 2.33. The normalized spacial score (nSPS) is 18.8. The average Bonchev–Trinajstić information content (AvgIpc) is 2.58. The Morgan fingerprint density at radius 1 is 1.27 bits per heavy atom. The third kappa shape index (κ3) is 3.29. The van der Waals surface area contributed by atoms with Crippen molar-refractivity contribution in [1.82, 2.24) is 0 Å². The van der Waals surface area contributed by atoms with Gasteiger partial charge in [0.25, 0.3) is 0 Å². The van der Waals surface area contributed by atoms with Gasteiger partial charge in [0.15, 0.2) is 0 Å². The van der Waals surface area contributed by atoms with Gasteiger partial charge >= 0.3 is 5.97 Å². The van der Waals surface area contributed by atoms with Crippen LogP contribution in [0.15, 0.2) is 41.4 Å². The number of carbonyl (C=O) groups is 1. The van der Waals surface area contributed by atoms with Crippen LogP contribution in [0.25, 0.3) is 0 Å². The number of aliphatic imine (C=N–C) groups is 1. The van der Waals surface area contributed by atoms with Gasteiger partial charge in [0.1, 0.15) is 11.3 Å². The molecule has 1 aliphatic rings. The van der Waals surface area contributed by atoms with Gasteiger partial charge in [0.2, 0.25) is 0 Å². The van der Waals surface area contributed by atoms with Gasteiger partial charge in [-0.1, -0.05) is 13.0 Å². The zero-order valence-corrected chi connectivity index (χ0v) is 15.5. The van der Waals surface area contributed by atoms with Gasteiger partial charge in [0, 0.05) is 24.5 Å². The first kappa shape index (κ1) is 18.0. The Kier molecular flexibility index (Phi) is 4.48. The van der Waals surface area contributed by atoms with Crippen LogP contribution in [-0.2, 0) is 0 Å². The predicted octanol–water partition coefficient (Wildman–Crippen LogP) is 4.56. The van der Waals surface area contributed by atoms with Crippen molar-refractivity contribution in [2.75, 3.05) is 11.9 Å². The van der Waals surface area contributed by atoms with E-state index in [-0.39, 0.29) is 16.9 Å². The summed E-state index contributed by atoms with van der Waals surface area (Å²) >= 11 is 0. The molecule has 5 nitrogen and oxygen atoms in total. The van der Waals surface area contributed by atoms with Crippen molar-refractivity contribution in [2.45, 2.75) is 38.6 Å². The first-order valence-corrected chi connectivity index (χ1v) is 8.67. The number of hydrogen-bond acceptors (Lipinski definition) is 4. The number of hydrogen-bond donors (Lipinski definition) is 2. The largest absolute Gasteiger partial charge is 0.507 e. The molecule has 0 aliphatic carbocycles. The SMILES string of the molecule is CC1CC(C)(C)N(C)c2ccc(C=Nc3ccc(O)c(C(=O)O)c3)cc21. The maximum atomic E-state index is 11.1. The van der Waals surface area contributed by atoms with E-state index < -0.39 is 5.97 Å². The summed E-state index contributed by atoms with van der Waals surface area (Å²) in [6.45, 7) is 6.76. The summed E-state index contributed by atoms with van der Waals surface area (Å²) < 4.78 is 0. The number of anilines is 1. The number of rotatable bonds is 3. The zero-order valence-electron chi connectivity index (χ0n) is 15.5. The molecule has 0 saturated carbocycles. The van der Waals surface area contributed by atoms with Crippen molar-refractivity contribution < 1.29 is 15.0 Å². The van der Waals surface area contributed by atoms with E-state index in [2.05, 4.69) is 49.8 Å².